The summed E-state index contributed by atoms with van der Waals surface area (Å²) in [6, 6.07) is 0.108. The molecule has 0 amide bonds. The number of unbranched alkanes of at least 4 members (excludes halogenated alkanes) is 1. The number of nitrogens with two attached hydrogens (primary N) is 1. The van der Waals surface area contributed by atoms with Gasteiger partial charge < -0.3 is 5.73 Å². The molecule has 0 aliphatic rings. The summed E-state index contributed by atoms with van der Waals surface area (Å²) >= 11 is 0. The zero-order chi connectivity index (χ0) is 9.61. The highest BCUT2D eigenvalue weighted by atomic mass is 28.3. The molecule has 0 saturated carbocycles. The van der Waals surface area contributed by atoms with Crippen molar-refractivity contribution in [2.75, 3.05) is 0 Å². The van der Waals surface area contributed by atoms with Gasteiger partial charge in [-0.05, 0) is 6.42 Å². The Hall–Kier alpha value is -0.263. The molecule has 0 aliphatic heterocycles. The molecule has 1 atom stereocenters. The minimum Gasteiger partial charge on any atom is -0.318 e. The highest BCUT2D eigenvalue weighted by Gasteiger charge is 2.08. The molecule has 0 heterocycles. The van der Waals surface area contributed by atoms with Gasteiger partial charge in [0.05, 0.1) is 6.04 Å². The maximum absolute atomic E-state index is 5.82. The number of rotatable bonds is 3. The average molecular weight is 183 g/mol. The van der Waals surface area contributed by atoms with E-state index < -0.39 is 8.07 Å². The van der Waals surface area contributed by atoms with Gasteiger partial charge in [-0.3, -0.25) is 0 Å². The van der Waals surface area contributed by atoms with Crippen molar-refractivity contribution < 1.29 is 0 Å². The van der Waals surface area contributed by atoms with Crippen LogP contribution in [0, 0.1) is 11.5 Å². The minimum atomic E-state index is -1.20. The number of hydrogen-bond acceptors (Lipinski definition) is 1. The molecule has 0 aromatic rings. The largest absolute Gasteiger partial charge is 0.318 e. The fourth-order valence-electron chi connectivity index (χ4n) is 0.805. The summed E-state index contributed by atoms with van der Waals surface area (Å²) in [7, 11) is -1.20. The third-order valence-electron chi connectivity index (χ3n) is 1.50. The fourth-order valence-corrected chi connectivity index (χ4v) is 1.42. The van der Waals surface area contributed by atoms with E-state index in [2.05, 4.69) is 38.0 Å². The van der Waals surface area contributed by atoms with Gasteiger partial charge in [-0.1, -0.05) is 45.3 Å². The summed E-state index contributed by atoms with van der Waals surface area (Å²) in [4.78, 5) is 0. The van der Waals surface area contributed by atoms with Crippen LogP contribution >= 0.6 is 0 Å². The van der Waals surface area contributed by atoms with Crippen molar-refractivity contribution in [1.29, 1.82) is 0 Å². The van der Waals surface area contributed by atoms with Crippen LogP contribution in [0.5, 0.6) is 0 Å². The van der Waals surface area contributed by atoms with Crippen LogP contribution < -0.4 is 5.73 Å². The Kier molecular flexibility index (Phi) is 5.28. The van der Waals surface area contributed by atoms with E-state index in [0.717, 1.165) is 6.42 Å². The van der Waals surface area contributed by atoms with Crippen LogP contribution in [0.1, 0.15) is 26.2 Å². The van der Waals surface area contributed by atoms with E-state index in [4.69, 9.17) is 5.73 Å². The first-order valence-electron chi connectivity index (χ1n) is 4.74. The molecular formula is C10H21NSi. The van der Waals surface area contributed by atoms with Crippen molar-refractivity contribution in [3.05, 3.63) is 0 Å². The van der Waals surface area contributed by atoms with Crippen molar-refractivity contribution in [2.45, 2.75) is 51.9 Å². The molecule has 1 unspecified atom stereocenters. The third kappa shape index (κ3) is 7.84. The summed E-state index contributed by atoms with van der Waals surface area (Å²) in [6.45, 7) is 8.91. The molecule has 0 rings (SSSR count). The van der Waals surface area contributed by atoms with E-state index in [-0.39, 0.29) is 6.04 Å². The van der Waals surface area contributed by atoms with E-state index in [0.29, 0.717) is 0 Å². The zero-order valence-electron chi connectivity index (χ0n) is 8.78. The molecule has 0 bridgehead atoms. The van der Waals surface area contributed by atoms with Crippen LogP contribution in [0.25, 0.3) is 0 Å². The topological polar surface area (TPSA) is 26.0 Å². The molecule has 0 fully saturated rings. The molecule has 70 valence electrons. The number of hydrogen-bond donors (Lipinski definition) is 1. The summed E-state index contributed by atoms with van der Waals surface area (Å²) in [5, 5.41) is 0. The fraction of sp³-hybridized carbons (Fsp3) is 0.800. The lowest BCUT2D eigenvalue weighted by Gasteiger charge is -2.06. The molecule has 0 saturated heterocycles. The lowest BCUT2D eigenvalue weighted by Crippen LogP contribution is -2.21. The van der Waals surface area contributed by atoms with E-state index >= 15 is 0 Å². The molecule has 2 N–H and O–H groups in total. The van der Waals surface area contributed by atoms with Gasteiger partial charge in [0.2, 0.25) is 0 Å². The molecule has 0 aliphatic carbocycles. The Bertz CT molecular complexity index is 171. The molecule has 0 spiro atoms. The Balaban J connectivity index is 3.79. The van der Waals surface area contributed by atoms with Crippen molar-refractivity contribution >= 4 is 8.07 Å². The zero-order valence-corrected chi connectivity index (χ0v) is 9.78. The highest BCUT2D eigenvalue weighted by molar-refractivity contribution is 6.83. The lowest BCUT2D eigenvalue weighted by molar-refractivity contribution is 0.667. The summed E-state index contributed by atoms with van der Waals surface area (Å²) in [5.41, 5.74) is 9.11. The molecule has 0 aromatic carbocycles. The minimum absolute atomic E-state index is 0.108. The van der Waals surface area contributed by atoms with Gasteiger partial charge >= 0.3 is 0 Å². The van der Waals surface area contributed by atoms with Gasteiger partial charge in [-0.25, -0.2) is 0 Å². The predicted molar refractivity (Wildman–Crippen MR) is 58.6 cm³/mol. The SMILES string of the molecule is CCCCC(N)C#C[Si](C)(C)C. The Morgan fingerprint density at radius 3 is 2.33 bits per heavy atom. The van der Waals surface area contributed by atoms with Gasteiger partial charge in [0.15, 0.2) is 0 Å². The summed E-state index contributed by atoms with van der Waals surface area (Å²) < 4.78 is 0. The van der Waals surface area contributed by atoms with Gasteiger partial charge in [-0.2, -0.15) is 0 Å². The molecular weight excluding hydrogens is 162 g/mol. The first-order chi connectivity index (χ1) is 5.45. The third-order valence-corrected chi connectivity index (χ3v) is 2.40. The average Bonchev–Trinajstić information content (AvgIpc) is 1.95. The molecule has 0 aromatic heterocycles. The maximum atomic E-state index is 5.82. The Morgan fingerprint density at radius 2 is 1.92 bits per heavy atom. The van der Waals surface area contributed by atoms with E-state index in [1.807, 2.05) is 0 Å². The molecule has 2 heteroatoms. The van der Waals surface area contributed by atoms with Crippen molar-refractivity contribution in [3.8, 4) is 11.5 Å². The van der Waals surface area contributed by atoms with E-state index in [9.17, 15) is 0 Å². The summed E-state index contributed by atoms with van der Waals surface area (Å²) in [6.07, 6.45) is 3.46. The molecule has 12 heavy (non-hydrogen) atoms. The van der Waals surface area contributed by atoms with Crippen molar-refractivity contribution in [2.24, 2.45) is 5.73 Å². The van der Waals surface area contributed by atoms with Crippen LogP contribution in [0.2, 0.25) is 19.6 Å². The standard InChI is InChI=1S/C10H21NSi/c1-5-6-7-10(11)8-9-12(2,3)4/h10H,5-7,11H2,1-4H3. The second-order valence-corrected chi connectivity index (χ2v) is 9.02. The highest BCUT2D eigenvalue weighted by Crippen LogP contribution is 1.99. The lowest BCUT2D eigenvalue weighted by atomic mass is 10.1. The Labute approximate surface area is 77.7 Å². The second-order valence-electron chi connectivity index (χ2n) is 4.27. The van der Waals surface area contributed by atoms with Crippen LogP contribution in [-0.2, 0) is 0 Å². The van der Waals surface area contributed by atoms with Crippen molar-refractivity contribution in [1.82, 2.24) is 0 Å². The monoisotopic (exact) mass is 183 g/mol. The Morgan fingerprint density at radius 1 is 1.33 bits per heavy atom. The quantitative estimate of drug-likeness (QED) is 0.528. The molecule has 0 radical (unpaired) electrons. The normalized spacial score (nSPS) is 13.4. The van der Waals surface area contributed by atoms with E-state index in [1.54, 1.807) is 0 Å². The van der Waals surface area contributed by atoms with Gasteiger partial charge in [-0.15, -0.1) is 5.54 Å². The predicted octanol–water partition coefficient (Wildman–Crippen LogP) is 2.38. The van der Waals surface area contributed by atoms with Crippen molar-refractivity contribution in [3.63, 3.8) is 0 Å². The van der Waals surface area contributed by atoms with Gasteiger partial charge in [0, 0.05) is 0 Å². The van der Waals surface area contributed by atoms with E-state index in [1.165, 1.54) is 12.8 Å². The molecule has 1 nitrogen and oxygen atoms in total. The smallest absolute Gasteiger partial charge is 0.129 e. The van der Waals surface area contributed by atoms with Crippen LogP contribution in [-0.4, -0.2) is 14.1 Å². The summed E-state index contributed by atoms with van der Waals surface area (Å²) in [5.74, 6) is 3.15. The first-order valence-corrected chi connectivity index (χ1v) is 8.24. The first kappa shape index (κ1) is 11.7. The maximum Gasteiger partial charge on any atom is 0.129 e. The van der Waals surface area contributed by atoms with Crippen LogP contribution in [0.4, 0.5) is 0 Å². The van der Waals surface area contributed by atoms with Crippen LogP contribution in [0.3, 0.4) is 0 Å². The second kappa shape index (κ2) is 5.39. The van der Waals surface area contributed by atoms with Gasteiger partial charge in [0.1, 0.15) is 8.07 Å². The van der Waals surface area contributed by atoms with Gasteiger partial charge in [0.25, 0.3) is 0 Å². The van der Waals surface area contributed by atoms with Crippen LogP contribution in [0.15, 0.2) is 0 Å².